The first-order valence-electron chi connectivity index (χ1n) is 9.45. The number of carbonyl (C=O) groups excluding carboxylic acids is 2. The van der Waals surface area contributed by atoms with Crippen LogP contribution < -0.4 is 15.5 Å². The highest BCUT2D eigenvalue weighted by molar-refractivity contribution is 6.04. The van der Waals surface area contributed by atoms with Crippen LogP contribution in [0.15, 0.2) is 48.5 Å². The van der Waals surface area contributed by atoms with Gasteiger partial charge in [0.1, 0.15) is 0 Å². The quantitative estimate of drug-likeness (QED) is 0.629. The van der Waals surface area contributed by atoms with E-state index in [0.717, 1.165) is 31.8 Å². The zero-order chi connectivity index (χ0) is 21.4. The van der Waals surface area contributed by atoms with Gasteiger partial charge in [0.05, 0.1) is 31.7 Å². The summed E-state index contributed by atoms with van der Waals surface area (Å²) in [5.74, 6) is -0.872. The Bertz CT molecular complexity index is 832. The fraction of sp³-hybridized carbons (Fsp3) is 0.333. The Morgan fingerprint density at radius 3 is 2.17 bits per heavy atom. The van der Waals surface area contributed by atoms with Gasteiger partial charge >= 0.3 is 6.18 Å². The highest BCUT2D eigenvalue weighted by atomic mass is 19.4. The number of likely N-dealkylation sites (N-methyl/N-ethyl adjacent to an activating group) is 1. The minimum Gasteiger partial charge on any atom is -0.346 e. The summed E-state index contributed by atoms with van der Waals surface area (Å²) in [5, 5.41) is 5.39. The summed E-state index contributed by atoms with van der Waals surface area (Å²) in [6.07, 6.45) is -4.52. The molecule has 2 amide bonds. The minimum atomic E-state index is -4.52. The zero-order valence-corrected chi connectivity index (χ0v) is 16.4. The lowest BCUT2D eigenvalue weighted by atomic mass is 10.1. The van der Waals surface area contributed by atoms with Crippen LogP contribution in [0, 0.1) is 0 Å². The van der Waals surface area contributed by atoms with E-state index in [4.69, 9.17) is 0 Å². The Morgan fingerprint density at radius 2 is 1.59 bits per heavy atom. The van der Waals surface area contributed by atoms with E-state index < -0.39 is 17.6 Å². The number of nitrogens with one attached hydrogen (secondary N) is 3. The van der Waals surface area contributed by atoms with Crippen molar-refractivity contribution in [1.29, 1.82) is 0 Å². The van der Waals surface area contributed by atoms with Gasteiger partial charge in [-0.1, -0.05) is 6.07 Å². The number of carbonyl (C=O) groups is 2. The molecule has 5 nitrogen and oxygen atoms in total. The van der Waals surface area contributed by atoms with Gasteiger partial charge in [-0.25, -0.2) is 0 Å². The van der Waals surface area contributed by atoms with Gasteiger partial charge in [0.2, 0.25) is 0 Å². The predicted octanol–water partition coefficient (Wildman–Crippen LogP) is 2.61. The van der Waals surface area contributed by atoms with Crippen LogP contribution in [0.1, 0.15) is 40.1 Å². The van der Waals surface area contributed by atoms with Gasteiger partial charge in [-0.3, -0.25) is 9.59 Å². The molecule has 29 heavy (non-hydrogen) atoms. The number of alkyl halides is 3. The lowest BCUT2D eigenvalue weighted by molar-refractivity contribution is -0.895. The molecule has 0 atom stereocenters. The summed E-state index contributed by atoms with van der Waals surface area (Å²) in [4.78, 5) is 25.8. The van der Waals surface area contributed by atoms with Crippen molar-refractivity contribution >= 4 is 17.5 Å². The van der Waals surface area contributed by atoms with Crippen molar-refractivity contribution in [1.82, 2.24) is 5.32 Å². The molecule has 0 bridgehead atoms. The molecule has 0 aromatic heterocycles. The molecule has 156 valence electrons. The topological polar surface area (TPSA) is 62.6 Å². The van der Waals surface area contributed by atoms with Crippen molar-refractivity contribution in [3.8, 4) is 0 Å². The highest BCUT2D eigenvalue weighted by Gasteiger charge is 2.30. The van der Waals surface area contributed by atoms with E-state index in [9.17, 15) is 22.8 Å². The third-order valence-corrected chi connectivity index (χ3v) is 4.62. The zero-order valence-electron chi connectivity index (χ0n) is 16.4. The van der Waals surface area contributed by atoms with Crippen molar-refractivity contribution in [3.05, 3.63) is 65.2 Å². The molecule has 2 rings (SSSR count). The van der Waals surface area contributed by atoms with Crippen molar-refractivity contribution in [2.24, 2.45) is 0 Å². The van der Waals surface area contributed by atoms with E-state index in [0.29, 0.717) is 17.8 Å². The van der Waals surface area contributed by atoms with Crippen LogP contribution >= 0.6 is 0 Å². The summed E-state index contributed by atoms with van der Waals surface area (Å²) in [6.45, 7) is 7.56. The van der Waals surface area contributed by atoms with E-state index in [1.54, 1.807) is 12.1 Å². The molecule has 8 heteroatoms. The van der Waals surface area contributed by atoms with Crippen molar-refractivity contribution < 1.29 is 27.7 Å². The van der Waals surface area contributed by atoms with Crippen LogP contribution in [0.3, 0.4) is 0 Å². The second kappa shape index (κ2) is 10.1. The van der Waals surface area contributed by atoms with Gasteiger partial charge < -0.3 is 15.5 Å². The first kappa shape index (κ1) is 22.4. The Labute approximate surface area is 167 Å². The van der Waals surface area contributed by atoms with E-state index in [2.05, 4.69) is 24.5 Å². The van der Waals surface area contributed by atoms with Crippen molar-refractivity contribution in [2.45, 2.75) is 20.0 Å². The van der Waals surface area contributed by atoms with E-state index >= 15 is 0 Å². The van der Waals surface area contributed by atoms with Crippen LogP contribution in [0.2, 0.25) is 0 Å². The normalized spacial score (nSPS) is 11.4. The first-order valence-corrected chi connectivity index (χ1v) is 9.45. The molecule has 0 aliphatic rings. The molecule has 2 aromatic carbocycles. The molecule has 0 saturated carbocycles. The Kier molecular flexibility index (Phi) is 7.78. The fourth-order valence-electron chi connectivity index (χ4n) is 2.80. The number of rotatable bonds is 8. The maximum absolute atomic E-state index is 12.8. The third kappa shape index (κ3) is 6.60. The molecule has 0 spiro atoms. The largest absolute Gasteiger partial charge is 0.416 e. The number of anilines is 1. The Morgan fingerprint density at radius 1 is 0.931 bits per heavy atom. The molecule has 0 aliphatic carbocycles. The summed E-state index contributed by atoms with van der Waals surface area (Å²) >= 11 is 0. The van der Waals surface area contributed by atoms with Crippen LogP contribution in [0.5, 0.6) is 0 Å². The van der Waals surface area contributed by atoms with E-state index in [1.807, 2.05) is 0 Å². The Balaban J connectivity index is 1.95. The summed E-state index contributed by atoms with van der Waals surface area (Å²) < 4.78 is 38.3. The summed E-state index contributed by atoms with van der Waals surface area (Å²) in [7, 11) is 0. The lowest BCUT2D eigenvalue weighted by Crippen LogP contribution is -3.12. The fourth-order valence-corrected chi connectivity index (χ4v) is 2.80. The number of hydrogen-bond acceptors (Lipinski definition) is 2. The first-order chi connectivity index (χ1) is 13.7. The molecular formula is C21H25F3N3O2+. The van der Waals surface area contributed by atoms with Gasteiger partial charge in [-0.15, -0.1) is 0 Å². The van der Waals surface area contributed by atoms with Crippen LogP contribution in [0.4, 0.5) is 18.9 Å². The second-order valence-corrected chi connectivity index (χ2v) is 6.57. The lowest BCUT2D eigenvalue weighted by Gasteiger charge is -2.15. The van der Waals surface area contributed by atoms with Gasteiger partial charge in [-0.2, -0.15) is 13.2 Å². The maximum atomic E-state index is 12.8. The molecule has 3 N–H and O–H groups in total. The van der Waals surface area contributed by atoms with Crippen molar-refractivity contribution in [2.75, 3.05) is 31.5 Å². The maximum Gasteiger partial charge on any atom is 0.416 e. The average Bonchev–Trinajstić information content (AvgIpc) is 2.71. The molecule has 2 aromatic rings. The number of hydrogen-bond donors (Lipinski definition) is 3. The van der Waals surface area contributed by atoms with Crippen LogP contribution in [-0.2, 0) is 6.18 Å². The second-order valence-electron chi connectivity index (χ2n) is 6.57. The smallest absolute Gasteiger partial charge is 0.346 e. The molecule has 0 heterocycles. The van der Waals surface area contributed by atoms with Gasteiger partial charge in [0.25, 0.3) is 11.8 Å². The highest BCUT2D eigenvalue weighted by Crippen LogP contribution is 2.29. The van der Waals surface area contributed by atoms with Gasteiger partial charge in [0.15, 0.2) is 0 Å². The molecular weight excluding hydrogens is 383 g/mol. The minimum absolute atomic E-state index is 0.0967. The molecule has 0 unspecified atom stereocenters. The third-order valence-electron chi connectivity index (χ3n) is 4.62. The SMILES string of the molecule is CC[NH+](CC)CCNC(=O)c1ccc(NC(=O)c2cccc(C(F)(F)F)c2)cc1. The molecule has 0 radical (unpaired) electrons. The average molecular weight is 408 g/mol. The van der Waals surface area contributed by atoms with Crippen molar-refractivity contribution in [3.63, 3.8) is 0 Å². The summed E-state index contributed by atoms with van der Waals surface area (Å²) in [6, 6.07) is 10.4. The van der Waals surface area contributed by atoms with E-state index in [1.165, 1.54) is 29.2 Å². The number of quaternary nitrogens is 1. The monoisotopic (exact) mass is 408 g/mol. The van der Waals surface area contributed by atoms with Crippen LogP contribution in [-0.4, -0.2) is 38.0 Å². The molecule has 0 fully saturated rings. The van der Waals surface area contributed by atoms with Gasteiger partial charge in [-0.05, 0) is 56.3 Å². The number of benzene rings is 2. The number of halogens is 3. The van der Waals surface area contributed by atoms with E-state index in [-0.39, 0.29) is 11.5 Å². The Hall–Kier alpha value is -2.87. The molecule has 0 saturated heterocycles. The van der Waals surface area contributed by atoms with Gasteiger partial charge in [0, 0.05) is 16.8 Å². The van der Waals surface area contributed by atoms with Crippen LogP contribution in [0.25, 0.3) is 0 Å². The summed E-state index contributed by atoms with van der Waals surface area (Å²) in [5.41, 5.74) is -0.155. The standard InChI is InChI=1S/C21H24F3N3O2/c1-3-27(4-2)13-12-25-19(28)15-8-10-18(11-9-15)26-20(29)16-6-5-7-17(14-16)21(22,23)24/h5-11,14H,3-4,12-13H2,1-2H3,(H,25,28)(H,26,29)/p+1. The molecule has 0 aliphatic heterocycles. The predicted molar refractivity (Wildman–Crippen MR) is 105 cm³/mol. The number of amides is 2.